The van der Waals surface area contributed by atoms with Crippen molar-refractivity contribution in [1.29, 1.82) is 0 Å². The summed E-state index contributed by atoms with van der Waals surface area (Å²) < 4.78 is 10.8. The summed E-state index contributed by atoms with van der Waals surface area (Å²) in [5.74, 6) is 1.95. The third kappa shape index (κ3) is 2.85. The van der Waals surface area contributed by atoms with Crippen LogP contribution >= 0.6 is 11.6 Å². The van der Waals surface area contributed by atoms with Crippen LogP contribution in [0.25, 0.3) is 0 Å². The molecule has 3 rings (SSSR count). The molecule has 23 heavy (non-hydrogen) atoms. The summed E-state index contributed by atoms with van der Waals surface area (Å²) >= 11 is 5.95. The quantitative estimate of drug-likeness (QED) is 0.825. The van der Waals surface area contributed by atoms with E-state index in [-0.39, 0.29) is 11.1 Å². The monoisotopic (exact) mass is 336 g/mol. The highest BCUT2D eigenvalue weighted by molar-refractivity contribution is 6.29. The summed E-state index contributed by atoms with van der Waals surface area (Å²) in [5.41, 5.74) is 7.24. The lowest BCUT2D eigenvalue weighted by molar-refractivity contribution is 0.169. The number of benzene rings is 1. The number of rotatable bonds is 3. The molecular formula is C15H17ClN4O3. The van der Waals surface area contributed by atoms with Crippen molar-refractivity contribution in [2.75, 3.05) is 31.4 Å². The molecule has 7 nitrogen and oxygen atoms in total. The molecular weight excluding hydrogens is 320 g/mol. The molecule has 0 aliphatic carbocycles. The van der Waals surface area contributed by atoms with Gasteiger partial charge in [-0.15, -0.1) is 0 Å². The van der Waals surface area contributed by atoms with Crippen molar-refractivity contribution in [2.45, 2.75) is 12.6 Å². The maximum Gasteiger partial charge on any atom is 0.223 e. The number of halogens is 1. The van der Waals surface area contributed by atoms with Crippen molar-refractivity contribution in [3.8, 4) is 11.5 Å². The molecule has 2 heterocycles. The summed E-state index contributed by atoms with van der Waals surface area (Å²) in [6, 6.07) is 5.22. The van der Waals surface area contributed by atoms with E-state index in [1.165, 1.54) is 0 Å². The molecule has 1 aromatic heterocycles. The minimum atomic E-state index is -0.751. The lowest BCUT2D eigenvalue weighted by Gasteiger charge is -2.34. The maximum absolute atomic E-state index is 10.6. The number of methoxy groups -OCH3 is 2. The molecule has 0 saturated heterocycles. The first-order valence-corrected chi connectivity index (χ1v) is 7.38. The number of fused-ring (bicyclic) bond motifs is 1. The molecule has 0 fully saturated rings. The van der Waals surface area contributed by atoms with Crippen LogP contribution in [0.3, 0.4) is 0 Å². The molecule has 0 bridgehead atoms. The van der Waals surface area contributed by atoms with Crippen molar-refractivity contribution in [3.63, 3.8) is 0 Å². The third-order valence-corrected chi connectivity index (χ3v) is 4.01. The van der Waals surface area contributed by atoms with E-state index in [0.29, 0.717) is 30.4 Å². The highest BCUT2D eigenvalue weighted by atomic mass is 35.5. The van der Waals surface area contributed by atoms with Crippen molar-refractivity contribution in [1.82, 2.24) is 9.97 Å². The van der Waals surface area contributed by atoms with Crippen LogP contribution in [-0.4, -0.2) is 35.8 Å². The van der Waals surface area contributed by atoms with E-state index < -0.39 is 6.10 Å². The second-order valence-electron chi connectivity index (χ2n) is 5.17. The Morgan fingerprint density at radius 2 is 1.96 bits per heavy atom. The lowest BCUT2D eigenvalue weighted by Crippen LogP contribution is -2.35. The fourth-order valence-corrected chi connectivity index (χ4v) is 3.02. The highest BCUT2D eigenvalue weighted by Gasteiger charge is 2.30. The van der Waals surface area contributed by atoms with Crippen LogP contribution in [-0.2, 0) is 6.54 Å². The van der Waals surface area contributed by atoms with Crippen molar-refractivity contribution >= 4 is 23.4 Å². The van der Waals surface area contributed by atoms with Gasteiger partial charge in [-0.1, -0.05) is 11.6 Å². The van der Waals surface area contributed by atoms with Crippen LogP contribution in [0.2, 0.25) is 5.15 Å². The van der Waals surface area contributed by atoms with Gasteiger partial charge in [-0.05, 0) is 12.1 Å². The van der Waals surface area contributed by atoms with E-state index in [1.54, 1.807) is 26.4 Å². The number of aromatic nitrogens is 2. The first kappa shape index (κ1) is 15.6. The fraction of sp³-hybridized carbons (Fsp3) is 0.333. The van der Waals surface area contributed by atoms with Crippen LogP contribution in [0.5, 0.6) is 11.5 Å². The third-order valence-electron chi connectivity index (χ3n) is 3.81. The van der Waals surface area contributed by atoms with E-state index in [0.717, 1.165) is 11.1 Å². The van der Waals surface area contributed by atoms with Gasteiger partial charge in [0.05, 0.1) is 20.8 Å². The first-order valence-electron chi connectivity index (χ1n) is 7.00. The summed E-state index contributed by atoms with van der Waals surface area (Å²) in [4.78, 5) is 9.91. The zero-order valence-electron chi connectivity index (χ0n) is 12.8. The zero-order valence-corrected chi connectivity index (χ0v) is 13.5. The number of β-amino-alcohol motifs (C(OH)–C–C–N with tert-alkyl or cyclic N) is 1. The molecule has 122 valence electrons. The number of aliphatic hydroxyl groups is 1. The SMILES string of the molecule is COc1ccc(OC)c2c1CN(c1cc(Cl)nc(N)n1)C[C@@H]2O. The van der Waals surface area contributed by atoms with Gasteiger partial charge in [0.1, 0.15) is 28.6 Å². The Hall–Kier alpha value is -2.25. The summed E-state index contributed by atoms with van der Waals surface area (Å²) in [6.07, 6.45) is -0.751. The second kappa shape index (κ2) is 6.10. The van der Waals surface area contributed by atoms with Gasteiger partial charge in [0, 0.05) is 23.7 Å². The van der Waals surface area contributed by atoms with Gasteiger partial charge >= 0.3 is 0 Å². The van der Waals surface area contributed by atoms with Gasteiger partial charge in [0.15, 0.2) is 0 Å². The van der Waals surface area contributed by atoms with E-state index in [9.17, 15) is 5.11 Å². The number of hydrogen-bond acceptors (Lipinski definition) is 7. The average molecular weight is 337 g/mol. The predicted octanol–water partition coefficient (Wildman–Crippen LogP) is 1.78. The van der Waals surface area contributed by atoms with Crippen LogP contribution in [0.1, 0.15) is 17.2 Å². The van der Waals surface area contributed by atoms with Crippen molar-refractivity contribution < 1.29 is 14.6 Å². The molecule has 1 aliphatic heterocycles. The summed E-state index contributed by atoms with van der Waals surface area (Å²) in [5, 5.41) is 10.8. The van der Waals surface area contributed by atoms with E-state index in [4.69, 9.17) is 26.8 Å². The van der Waals surface area contributed by atoms with Gasteiger partial charge in [-0.3, -0.25) is 0 Å². The van der Waals surface area contributed by atoms with Gasteiger partial charge < -0.3 is 25.2 Å². The minimum absolute atomic E-state index is 0.0883. The Labute approximate surface area is 138 Å². The largest absolute Gasteiger partial charge is 0.496 e. The van der Waals surface area contributed by atoms with Gasteiger partial charge in [-0.2, -0.15) is 4.98 Å². The topological polar surface area (TPSA) is 93.7 Å². The molecule has 8 heteroatoms. The molecule has 1 aliphatic rings. The molecule has 0 radical (unpaired) electrons. The first-order chi connectivity index (χ1) is 11.0. The van der Waals surface area contributed by atoms with Crippen molar-refractivity contribution in [2.24, 2.45) is 0 Å². The minimum Gasteiger partial charge on any atom is -0.496 e. The number of ether oxygens (including phenoxy) is 2. The highest BCUT2D eigenvalue weighted by Crippen LogP contribution is 2.40. The maximum atomic E-state index is 10.6. The van der Waals surface area contributed by atoms with E-state index in [2.05, 4.69) is 9.97 Å². The molecule has 3 N–H and O–H groups in total. The Kier molecular flexibility index (Phi) is 4.14. The Bertz CT molecular complexity index is 721. The van der Waals surface area contributed by atoms with Crippen LogP contribution in [0, 0.1) is 0 Å². The zero-order chi connectivity index (χ0) is 16.6. The smallest absolute Gasteiger partial charge is 0.223 e. The molecule has 1 atom stereocenters. The van der Waals surface area contributed by atoms with Crippen LogP contribution < -0.4 is 20.1 Å². The van der Waals surface area contributed by atoms with E-state index in [1.807, 2.05) is 11.0 Å². The van der Waals surface area contributed by atoms with Crippen molar-refractivity contribution in [3.05, 3.63) is 34.5 Å². The summed E-state index contributed by atoms with van der Waals surface area (Å²) in [7, 11) is 3.17. The van der Waals surface area contributed by atoms with E-state index >= 15 is 0 Å². The van der Waals surface area contributed by atoms with Gasteiger partial charge in [0.2, 0.25) is 5.95 Å². The van der Waals surface area contributed by atoms with Crippen LogP contribution in [0.15, 0.2) is 18.2 Å². The van der Waals surface area contributed by atoms with Gasteiger partial charge in [-0.25, -0.2) is 4.98 Å². The molecule has 0 unspecified atom stereocenters. The fourth-order valence-electron chi connectivity index (χ4n) is 2.84. The second-order valence-corrected chi connectivity index (χ2v) is 5.55. The predicted molar refractivity (Wildman–Crippen MR) is 87.0 cm³/mol. The number of aliphatic hydroxyl groups excluding tert-OH is 1. The Morgan fingerprint density at radius 1 is 1.26 bits per heavy atom. The molecule has 2 aromatic rings. The molecule has 0 saturated carbocycles. The number of nitrogens with two attached hydrogens (primary N) is 1. The number of hydrogen-bond donors (Lipinski definition) is 2. The average Bonchev–Trinajstić information content (AvgIpc) is 2.52. The molecule has 1 aromatic carbocycles. The molecule has 0 amide bonds. The normalized spacial score (nSPS) is 16.9. The number of anilines is 2. The Balaban J connectivity index is 2.06. The lowest BCUT2D eigenvalue weighted by atomic mass is 9.95. The standard InChI is InChI=1S/C15H17ClN4O3/c1-22-10-3-4-11(23-2)14-8(10)6-20(7-9(14)21)13-5-12(16)18-15(17)19-13/h3-5,9,21H,6-7H2,1-2H3,(H2,17,18,19)/t9-/m0/s1. The summed E-state index contributed by atoms with van der Waals surface area (Å²) in [6.45, 7) is 0.822. The Morgan fingerprint density at radius 3 is 2.61 bits per heavy atom. The molecule has 0 spiro atoms. The number of nitrogen functional groups attached to an aromatic ring is 1. The number of nitrogens with zero attached hydrogens (tertiary/aromatic N) is 3. The van der Waals surface area contributed by atoms with Crippen LogP contribution in [0.4, 0.5) is 11.8 Å². The van der Waals surface area contributed by atoms with Gasteiger partial charge in [0.25, 0.3) is 0 Å².